The first-order valence-electron chi connectivity index (χ1n) is 9.53. The number of hydrogen-bond donors (Lipinski definition) is 6. The highest BCUT2D eigenvalue weighted by Gasteiger charge is 2.08. The van der Waals surface area contributed by atoms with Crippen LogP contribution < -0.4 is 21.3 Å². The summed E-state index contributed by atoms with van der Waals surface area (Å²) in [5.41, 5.74) is 2.66. The van der Waals surface area contributed by atoms with Crippen LogP contribution in [0.4, 0.5) is 11.4 Å². The molecule has 0 saturated heterocycles. The smallest absolute Gasteiger partial charge is 0.181 e. The first-order valence-corrected chi connectivity index (χ1v) is 9.53. The van der Waals surface area contributed by atoms with Crippen LogP contribution in [0.15, 0.2) is 18.2 Å². The van der Waals surface area contributed by atoms with Gasteiger partial charge >= 0.3 is 0 Å². The Kier molecular flexibility index (Phi) is 11.2. The van der Waals surface area contributed by atoms with Crippen LogP contribution in [0.5, 0.6) is 0 Å². The molecule has 0 saturated carbocycles. The number of aliphatic hydroxyl groups excluding tert-OH is 2. The van der Waals surface area contributed by atoms with E-state index in [0.29, 0.717) is 0 Å². The minimum atomic E-state index is -0.789. The molecule has 0 aliphatic carbocycles. The van der Waals surface area contributed by atoms with Gasteiger partial charge in [0, 0.05) is 11.4 Å². The van der Waals surface area contributed by atoms with Crippen molar-refractivity contribution in [3.63, 3.8) is 0 Å². The second-order valence-corrected chi connectivity index (χ2v) is 6.45. The van der Waals surface area contributed by atoms with E-state index in [0.717, 1.165) is 68.6 Å². The third-order valence-electron chi connectivity index (χ3n) is 4.07. The van der Waals surface area contributed by atoms with E-state index in [1.165, 1.54) is 0 Å². The summed E-state index contributed by atoms with van der Waals surface area (Å²) in [7, 11) is 0. The van der Waals surface area contributed by atoms with Crippen LogP contribution >= 0.6 is 0 Å². The van der Waals surface area contributed by atoms with Crippen molar-refractivity contribution >= 4 is 11.4 Å². The molecule has 6 N–H and O–H groups in total. The lowest BCUT2D eigenvalue weighted by Crippen LogP contribution is -2.37. The summed E-state index contributed by atoms with van der Waals surface area (Å²) in [4.78, 5) is 0. The van der Waals surface area contributed by atoms with Gasteiger partial charge in [0.15, 0.2) is 12.7 Å². The van der Waals surface area contributed by atoms with Crippen molar-refractivity contribution in [2.45, 2.75) is 72.0 Å². The van der Waals surface area contributed by atoms with E-state index in [2.05, 4.69) is 35.1 Å². The molecule has 0 fully saturated rings. The van der Waals surface area contributed by atoms with Crippen LogP contribution in [0.1, 0.15) is 57.9 Å². The Hall–Kier alpha value is -1.34. The van der Waals surface area contributed by atoms with Gasteiger partial charge in [0.2, 0.25) is 0 Å². The Morgan fingerprint density at radius 1 is 0.840 bits per heavy atom. The molecule has 6 nitrogen and oxygen atoms in total. The SMILES string of the molecule is CCCCCNC(O)Nc1ccc(C)c(NC(O)NCCCCC)c1. The maximum Gasteiger partial charge on any atom is 0.181 e. The Labute approximate surface area is 152 Å². The molecule has 0 aromatic heterocycles. The van der Waals surface area contributed by atoms with Gasteiger partial charge in [-0.15, -0.1) is 0 Å². The summed E-state index contributed by atoms with van der Waals surface area (Å²) in [6, 6.07) is 5.76. The molecule has 1 aromatic rings. The number of aliphatic hydroxyl groups is 2. The highest BCUT2D eigenvalue weighted by Crippen LogP contribution is 2.20. The maximum absolute atomic E-state index is 10.1. The highest BCUT2D eigenvalue weighted by atomic mass is 16.3. The molecule has 1 aromatic carbocycles. The predicted molar refractivity (Wildman–Crippen MR) is 105 cm³/mol. The van der Waals surface area contributed by atoms with Crippen molar-refractivity contribution < 1.29 is 10.2 Å². The van der Waals surface area contributed by atoms with E-state index in [1.807, 2.05) is 25.1 Å². The minimum Gasteiger partial charge on any atom is -0.361 e. The summed E-state index contributed by atoms with van der Waals surface area (Å²) in [5.74, 6) is 0. The van der Waals surface area contributed by atoms with Crippen LogP contribution in [-0.4, -0.2) is 36.0 Å². The van der Waals surface area contributed by atoms with Crippen LogP contribution in [0.25, 0.3) is 0 Å². The molecule has 0 amide bonds. The number of nitrogens with one attached hydrogen (secondary N) is 4. The molecule has 0 bridgehead atoms. The van der Waals surface area contributed by atoms with Crippen LogP contribution in [0.2, 0.25) is 0 Å². The van der Waals surface area contributed by atoms with Gasteiger partial charge in [-0.05, 0) is 50.6 Å². The fourth-order valence-corrected chi connectivity index (χ4v) is 2.50. The van der Waals surface area contributed by atoms with Gasteiger partial charge in [0.1, 0.15) is 0 Å². The van der Waals surface area contributed by atoms with Crippen LogP contribution in [-0.2, 0) is 0 Å². The normalized spacial score (nSPS) is 13.5. The van der Waals surface area contributed by atoms with Gasteiger partial charge in [-0.25, -0.2) is 0 Å². The molecule has 0 aliphatic rings. The molecule has 0 radical (unpaired) electrons. The van der Waals surface area contributed by atoms with Gasteiger partial charge < -0.3 is 20.8 Å². The Morgan fingerprint density at radius 2 is 1.40 bits per heavy atom. The molecule has 1 rings (SSSR count). The number of benzene rings is 1. The zero-order valence-electron chi connectivity index (χ0n) is 15.9. The number of anilines is 2. The second kappa shape index (κ2) is 12.9. The lowest BCUT2D eigenvalue weighted by molar-refractivity contribution is 0.164. The molecule has 25 heavy (non-hydrogen) atoms. The van der Waals surface area contributed by atoms with Gasteiger partial charge in [-0.3, -0.25) is 10.6 Å². The average Bonchev–Trinajstić information content (AvgIpc) is 2.58. The fourth-order valence-electron chi connectivity index (χ4n) is 2.50. The van der Waals surface area contributed by atoms with Gasteiger partial charge in [-0.1, -0.05) is 45.6 Å². The van der Waals surface area contributed by atoms with E-state index < -0.39 is 12.7 Å². The number of unbranched alkanes of at least 4 members (excludes halogenated alkanes) is 4. The average molecular weight is 353 g/mol. The number of rotatable bonds is 14. The number of aryl methyl sites for hydroxylation is 1. The molecule has 0 heterocycles. The molecular weight excluding hydrogens is 316 g/mol. The molecule has 6 heteroatoms. The first-order chi connectivity index (χ1) is 12.1. The Morgan fingerprint density at radius 3 is 1.96 bits per heavy atom. The third kappa shape index (κ3) is 9.65. The lowest BCUT2D eigenvalue weighted by atomic mass is 10.2. The summed E-state index contributed by atoms with van der Waals surface area (Å²) in [5, 5.41) is 32.3. The van der Waals surface area contributed by atoms with Crippen molar-refractivity contribution in [1.29, 1.82) is 0 Å². The van der Waals surface area contributed by atoms with Crippen LogP contribution in [0.3, 0.4) is 0 Å². The fraction of sp³-hybridized carbons (Fsp3) is 0.684. The lowest BCUT2D eigenvalue weighted by Gasteiger charge is -2.20. The van der Waals surface area contributed by atoms with Crippen molar-refractivity contribution in [3.05, 3.63) is 23.8 Å². The highest BCUT2D eigenvalue weighted by molar-refractivity contribution is 5.61. The molecular formula is C19H36N4O2. The van der Waals surface area contributed by atoms with Crippen molar-refractivity contribution in [2.75, 3.05) is 23.7 Å². The zero-order chi connectivity index (χ0) is 18.5. The standard InChI is InChI=1S/C19H36N4O2/c1-4-6-8-12-20-18(24)22-16-11-10-15(3)17(14-16)23-19(25)21-13-9-7-5-2/h10-11,14,18-25H,4-9,12-13H2,1-3H3. The van der Waals surface area contributed by atoms with E-state index in [-0.39, 0.29) is 0 Å². The van der Waals surface area contributed by atoms with Crippen LogP contribution in [0, 0.1) is 6.92 Å². The summed E-state index contributed by atoms with van der Waals surface area (Å²) < 4.78 is 0. The Balaban J connectivity index is 2.46. The van der Waals surface area contributed by atoms with Crippen molar-refractivity contribution in [1.82, 2.24) is 10.6 Å². The van der Waals surface area contributed by atoms with Crippen molar-refractivity contribution in [3.8, 4) is 0 Å². The van der Waals surface area contributed by atoms with E-state index >= 15 is 0 Å². The van der Waals surface area contributed by atoms with E-state index in [4.69, 9.17) is 0 Å². The Bertz CT molecular complexity index is 471. The van der Waals surface area contributed by atoms with Gasteiger partial charge in [0.05, 0.1) is 0 Å². The monoisotopic (exact) mass is 352 g/mol. The molecule has 0 aliphatic heterocycles. The third-order valence-corrected chi connectivity index (χ3v) is 4.07. The summed E-state index contributed by atoms with van der Waals surface area (Å²) >= 11 is 0. The van der Waals surface area contributed by atoms with E-state index in [9.17, 15) is 10.2 Å². The minimum absolute atomic E-state index is 0.777. The summed E-state index contributed by atoms with van der Waals surface area (Å²) in [6.07, 6.45) is 5.15. The predicted octanol–water partition coefficient (Wildman–Crippen LogP) is 2.93. The molecule has 144 valence electrons. The quantitative estimate of drug-likeness (QED) is 0.228. The zero-order valence-corrected chi connectivity index (χ0v) is 15.9. The van der Waals surface area contributed by atoms with Crippen molar-refractivity contribution in [2.24, 2.45) is 0 Å². The molecule has 2 atom stereocenters. The largest absolute Gasteiger partial charge is 0.361 e. The van der Waals surface area contributed by atoms with E-state index in [1.54, 1.807) is 0 Å². The maximum atomic E-state index is 10.1. The molecule has 0 spiro atoms. The molecule has 2 unspecified atom stereocenters. The topological polar surface area (TPSA) is 88.6 Å². The van der Waals surface area contributed by atoms with Gasteiger partial charge in [-0.2, -0.15) is 0 Å². The van der Waals surface area contributed by atoms with Gasteiger partial charge in [0.25, 0.3) is 0 Å². The first kappa shape index (κ1) is 21.7. The summed E-state index contributed by atoms with van der Waals surface area (Å²) in [6.45, 7) is 7.85. The second-order valence-electron chi connectivity index (χ2n) is 6.45. The number of hydrogen-bond acceptors (Lipinski definition) is 6.